The number of hydrogen-bond acceptors (Lipinski definition) is 4. The zero-order valence-corrected chi connectivity index (χ0v) is 12.8. The minimum absolute atomic E-state index is 0.141. The van der Waals surface area contributed by atoms with E-state index in [9.17, 15) is 10.1 Å². The van der Waals surface area contributed by atoms with Crippen molar-refractivity contribution in [2.24, 2.45) is 0 Å². The summed E-state index contributed by atoms with van der Waals surface area (Å²) in [6.07, 6.45) is 2.28. The van der Waals surface area contributed by atoms with Gasteiger partial charge >= 0.3 is 0 Å². The van der Waals surface area contributed by atoms with Crippen molar-refractivity contribution in [3.8, 4) is 11.8 Å². The highest BCUT2D eigenvalue weighted by Crippen LogP contribution is 2.42. The Morgan fingerprint density at radius 3 is 2.91 bits per heavy atom. The first-order valence-corrected chi connectivity index (χ1v) is 7.43. The second-order valence-electron chi connectivity index (χ2n) is 5.65. The summed E-state index contributed by atoms with van der Waals surface area (Å²) in [5, 5.41) is 12.8. The van der Waals surface area contributed by atoms with E-state index in [1.165, 1.54) is 0 Å². The predicted molar refractivity (Wildman–Crippen MR) is 83.1 cm³/mol. The Hall–Kier alpha value is -2.54. The average molecular weight is 294 g/mol. The van der Waals surface area contributed by atoms with Crippen molar-refractivity contribution >= 4 is 5.78 Å². The molecular weight excluding hydrogens is 276 g/mol. The lowest BCUT2D eigenvalue weighted by Crippen LogP contribution is -2.31. The number of ether oxygens (including phenoxy) is 1. The third-order valence-electron chi connectivity index (χ3n) is 4.32. The molecule has 0 amide bonds. The maximum atomic E-state index is 12.5. The van der Waals surface area contributed by atoms with E-state index in [0.29, 0.717) is 12.0 Å². The van der Waals surface area contributed by atoms with Crippen LogP contribution < -0.4 is 10.1 Å². The molecule has 4 nitrogen and oxygen atoms in total. The zero-order chi connectivity index (χ0) is 15.7. The monoisotopic (exact) mass is 294 g/mol. The smallest absolute Gasteiger partial charge is 0.161 e. The number of benzene rings is 1. The van der Waals surface area contributed by atoms with Gasteiger partial charge in [0.05, 0.1) is 24.7 Å². The van der Waals surface area contributed by atoms with Crippen molar-refractivity contribution in [3.05, 3.63) is 52.4 Å². The maximum Gasteiger partial charge on any atom is 0.161 e. The second-order valence-corrected chi connectivity index (χ2v) is 5.65. The number of carbonyl (C=O) groups is 1. The summed E-state index contributed by atoms with van der Waals surface area (Å²) in [6, 6.07) is 9.91. The number of ketones is 1. The summed E-state index contributed by atoms with van der Waals surface area (Å²) in [4.78, 5) is 12.5. The molecule has 0 fully saturated rings. The Kier molecular flexibility index (Phi) is 3.72. The standard InChI is InChI=1S/C18H18N2O2/c1-11-14(10-19)17(12-5-3-6-13(9-12)22-2)18-15(20-11)7-4-8-16(18)21/h3,5-6,9,17,20H,4,7-8H2,1-2H3/t17-/m0/s1. The minimum Gasteiger partial charge on any atom is -0.497 e. The number of hydrogen-bond donors (Lipinski definition) is 1. The lowest BCUT2D eigenvalue weighted by Gasteiger charge is -2.32. The van der Waals surface area contributed by atoms with Crippen LogP contribution in [0.15, 0.2) is 46.8 Å². The number of rotatable bonds is 2. The molecule has 1 heterocycles. The Morgan fingerprint density at radius 1 is 1.36 bits per heavy atom. The molecule has 1 aliphatic heterocycles. The Balaban J connectivity index is 2.18. The summed E-state index contributed by atoms with van der Waals surface area (Å²) in [5.41, 5.74) is 4.10. The highest BCUT2D eigenvalue weighted by molar-refractivity contribution is 5.99. The molecule has 0 spiro atoms. The largest absolute Gasteiger partial charge is 0.497 e. The Bertz CT molecular complexity index is 738. The molecule has 0 bridgehead atoms. The van der Waals surface area contributed by atoms with Crippen molar-refractivity contribution in [3.63, 3.8) is 0 Å². The molecule has 112 valence electrons. The fraction of sp³-hybridized carbons (Fsp3) is 0.333. The van der Waals surface area contributed by atoms with Crippen LogP contribution in [0.25, 0.3) is 0 Å². The van der Waals surface area contributed by atoms with E-state index in [2.05, 4.69) is 11.4 Å². The molecule has 0 unspecified atom stereocenters. The van der Waals surface area contributed by atoms with Crippen LogP contribution in [0.1, 0.15) is 37.7 Å². The minimum atomic E-state index is -0.288. The molecule has 2 aliphatic rings. The number of allylic oxidation sites excluding steroid dienone is 4. The predicted octanol–water partition coefficient (Wildman–Crippen LogP) is 3.19. The van der Waals surface area contributed by atoms with Crippen LogP contribution >= 0.6 is 0 Å². The van der Waals surface area contributed by atoms with E-state index in [4.69, 9.17) is 4.74 Å². The summed E-state index contributed by atoms with van der Waals surface area (Å²) in [5.74, 6) is 0.586. The van der Waals surface area contributed by atoms with Crippen molar-refractivity contribution in [1.29, 1.82) is 5.26 Å². The van der Waals surface area contributed by atoms with Crippen LogP contribution in [0.4, 0.5) is 0 Å². The van der Waals surface area contributed by atoms with Gasteiger partial charge in [-0.15, -0.1) is 0 Å². The molecule has 1 N–H and O–H groups in total. The van der Waals surface area contributed by atoms with Gasteiger partial charge in [-0.25, -0.2) is 0 Å². The number of nitriles is 1. The van der Waals surface area contributed by atoms with E-state index >= 15 is 0 Å². The number of methoxy groups -OCH3 is 1. The number of nitrogens with one attached hydrogen (secondary N) is 1. The molecule has 0 aromatic heterocycles. The number of Topliss-reactive ketones (excluding diaryl/α,β-unsaturated/α-hetero) is 1. The van der Waals surface area contributed by atoms with Gasteiger partial charge in [0.2, 0.25) is 0 Å². The van der Waals surface area contributed by atoms with E-state index in [0.717, 1.165) is 41.1 Å². The van der Waals surface area contributed by atoms with Crippen LogP contribution in [0.3, 0.4) is 0 Å². The van der Waals surface area contributed by atoms with Gasteiger partial charge in [0.15, 0.2) is 5.78 Å². The van der Waals surface area contributed by atoms with Crippen molar-refractivity contribution < 1.29 is 9.53 Å². The zero-order valence-electron chi connectivity index (χ0n) is 12.8. The molecule has 1 aliphatic carbocycles. The van der Waals surface area contributed by atoms with Gasteiger partial charge in [0, 0.05) is 23.4 Å². The van der Waals surface area contributed by atoms with E-state index < -0.39 is 0 Å². The number of dihydropyridines is 1. The normalized spacial score (nSPS) is 21.1. The SMILES string of the molecule is COc1cccc([C@H]2C(C#N)=C(C)NC3=C2C(=O)CCC3)c1. The number of nitrogens with zero attached hydrogens (tertiary/aromatic N) is 1. The van der Waals surface area contributed by atoms with Gasteiger partial charge in [0.25, 0.3) is 0 Å². The molecule has 1 atom stereocenters. The summed E-state index contributed by atoms with van der Waals surface area (Å²) in [7, 11) is 1.62. The van der Waals surface area contributed by atoms with Gasteiger partial charge in [-0.05, 0) is 37.5 Å². The van der Waals surface area contributed by atoms with Gasteiger partial charge in [-0.1, -0.05) is 12.1 Å². The first kappa shape index (κ1) is 14.4. The fourth-order valence-electron chi connectivity index (χ4n) is 3.29. The highest BCUT2D eigenvalue weighted by Gasteiger charge is 2.35. The van der Waals surface area contributed by atoms with Gasteiger partial charge < -0.3 is 10.1 Å². The van der Waals surface area contributed by atoms with Gasteiger partial charge in [0.1, 0.15) is 5.75 Å². The molecule has 4 heteroatoms. The Labute approximate surface area is 130 Å². The second kappa shape index (κ2) is 5.69. The Morgan fingerprint density at radius 2 is 2.18 bits per heavy atom. The van der Waals surface area contributed by atoms with Crippen molar-refractivity contribution in [2.75, 3.05) is 7.11 Å². The first-order valence-electron chi connectivity index (χ1n) is 7.43. The number of carbonyl (C=O) groups excluding carboxylic acids is 1. The van der Waals surface area contributed by atoms with E-state index in [-0.39, 0.29) is 11.7 Å². The third kappa shape index (κ3) is 2.29. The average Bonchev–Trinajstić information content (AvgIpc) is 2.54. The molecule has 0 saturated heterocycles. The van der Waals surface area contributed by atoms with Gasteiger partial charge in [-0.2, -0.15) is 5.26 Å². The van der Waals surface area contributed by atoms with Crippen LogP contribution in [-0.4, -0.2) is 12.9 Å². The van der Waals surface area contributed by atoms with Gasteiger partial charge in [-0.3, -0.25) is 4.79 Å². The van der Waals surface area contributed by atoms with Crippen molar-refractivity contribution in [2.45, 2.75) is 32.1 Å². The quantitative estimate of drug-likeness (QED) is 0.910. The molecule has 1 aromatic carbocycles. The highest BCUT2D eigenvalue weighted by atomic mass is 16.5. The molecule has 3 rings (SSSR count). The molecule has 1 aromatic rings. The molecule has 0 saturated carbocycles. The van der Waals surface area contributed by atoms with E-state index in [1.54, 1.807) is 7.11 Å². The van der Waals surface area contributed by atoms with Crippen LogP contribution in [0.5, 0.6) is 5.75 Å². The summed E-state index contributed by atoms with van der Waals surface area (Å²) in [6.45, 7) is 1.90. The van der Waals surface area contributed by atoms with Crippen molar-refractivity contribution in [1.82, 2.24) is 5.32 Å². The molecular formula is C18H18N2O2. The lowest BCUT2D eigenvalue weighted by molar-refractivity contribution is -0.116. The summed E-state index contributed by atoms with van der Waals surface area (Å²) < 4.78 is 5.29. The lowest BCUT2D eigenvalue weighted by atomic mass is 9.75. The first-order chi connectivity index (χ1) is 10.7. The fourth-order valence-corrected chi connectivity index (χ4v) is 3.29. The maximum absolute atomic E-state index is 12.5. The van der Waals surface area contributed by atoms with E-state index in [1.807, 2.05) is 31.2 Å². The summed E-state index contributed by atoms with van der Waals surface area (Å²) >= 11 is 0. The van der Waals surface area contributed by atoms with Crippen LogP contribution in [-0.2, 0) is 4.79 Å². The third-order valence-corrected chi connectivity index (χ3v) is 4.32. The topological polar surface area (TPSA) is 62.1 Å². The van der Waals surface area contributed by atoms with Crippen LogP contribution in [0, 0.1) is 11.3 Å². The molecule has 22 heavy (non-hydrogen) atoms. The van der Waals surface area contributed by atoms with Crippen LogP contribution in [0.2, 0.25) is 0 Å². The molecule has 0 radical (unpaired) electrons.